The summed E-state index contributed by atoms with van der Waals surface area (Å²) in [6.07, 6.45) is 0.719. The Morgan fingerprint density at radius 3 is 2.55 bits per heavy atom. The van der Waals surface area contributed by atoms with E-state index in [-0.39, 0.29) is 6.10 Å². The van der Waals surface area contributed by atoms with E-state index in [4.69, 9.17) is 14.7 Å². The Kier molecular flexibility index (Phi) is 7.11. The van der Waals surface area contributed by atoms with Gasteiger partial charge in [-0.25, -0.2) is 0 Å². The Morgan fingerprint density at radius 1 is 1.27 bits per heavy atom. The van der Waals surface area contributed by atoms with Crippen molar-refractivity contribution in [3.63, 3.8) is 0 Å². The summed E-state index contributed by atoms with van der Waals surface area (Å²) in [5.41, 5.74) is 0. The van der Waals surface area contributed by atoms with Gasteiger partial charge in [-0.05, 0) is 13.8 Å². The number of ether oxygens (including phenoxy) is 2. The van der Waals surface area contributed by atoms with Crippen molar-refractivity contribution in [2.75, 3.05) is 19.8 Å². The van der Waals surface area contributed by atoms with Crippen molar-refractivity contribution in [3.05, 3.63) is 0 Å². The molecule has 0 saturated heterocycles. The van der Waals surface area contributed by atoms with Crippen LogP contribution in [0.3, 0.4) is 0 Å². The maximum Gasteiger partial charge on any atom is 0.0703 e. The van der Waals surface area contributed by atoms with Crippen molar-refractivity contribution in [1.29, 1.82) is 5.26 Å². The lowest BCUT2D eigenvalue weighted by molar-refractivity contribution is 0.0210. The minimum absolute atomic E-state index is 0.259. The van der Waals surface area contributed by atoms with Gasteiger partial charge < -0.3 is 9.47 Å². The molecule has 0 radical (unpaired) electrons. The van der Waals surface area contributed by atoms with Gasteiger partial charge in [-0.2, -0.15) is 5.26 Å². The molecule has 3 heteroatoms. The van der Waals surface area contributed by atoms with E-state index in [9.17, 15) is 0 Å². The number of nitriles is 1. The van der Waals surface area contributed by atoms with Crippen LogP contribution < -0.4 is 0 Å². The summed E-state index contributed by atoms with van der Waals surface area (Å²) in [6.45, 7) is 5.67. The topological polar surface area (TPSA) is 42.2 Å². The van der Waals surface area contributed by atoms with E-state index in [0.29, 0.717) is 26.2 Å². The summed E-state index contributed by atoms with van der Waals surface area (Å²) in [5.74, 6) is 0. The van der Waals surface area contributed by atoms with Crippen molar-refractivity contribution in [1.82, 2.24) is 0 Å². The molecule has 0 N–H and O–H groups in total. The van der Waals surface area contributed by atoms with E-state index < -0.39 is 0 Å². The van der Waals surface area contributed by atoms with Crippen LogP contribution in [0.15, 0.2) is 0 Å². The second kappa shape index (κ2) is 7.52. The molecule has 64 valence electrons. The van der Waals surface area contributed by atoms with Gasteiger partial charge in [0.2, 0.25) is 0 Å². The fourth-order valence-electron chi connectivity index (χ4n) is 0.563. The van der Waals surface area contributed by atoms with Crippen LogP contribution in [0, 0.1) is 11.3 Å². The first-order chi connectivity index (χ1) is 5.27. The second-order valence-electron chi connectivity index (χ2n) is 2.44. The first-order valence-electron chi connectivity index (χ1n) is 3.83. The molecule has 0 spiro atoms. The fraction of sp³-hybridized carbons (Fsp3) is 0.875. The number of rotatable bonds is 6. The normalized spacial score (nSPS) is 10.0. The molecule has 0 aliphatic rings. The number of nitrogens with zero attached hydrogens (tertiary/aromatic N) is 1. The predicted molar refractivity (Wildman–Crippen MR) is 42.1 cm³/mol. The third kappa shape index (κ3) is 9.41. The largest absolute Gasteiger partial charge is 0.378 e. The van der Waals surface area contributed by atoms with E-state index in [0.717, 1.165) is 0 Å². The smallest absolute Gasteiger partial charge is 0.0703 e. The highest BCUT2D eigenvalue weighted by atomic mass is 16.5. The molecule has 0 amide bonds. The Labute approximate surface area is 67.9 Å². The highest BCUT2D eigenvalue weighted by Crippen LogP contribution is 1.87. The third-order valence-corrected chi connectivity index (χ3v) is 1.04. The van der Waals surface area contributed by atoms with Crippen molar-refractivity contribution in [2.45, 2.75) is 26.4 Å². The predicted octanol–water partition coefficient (Wildman–Crippen LogP) is 1.34. The Hall–Kier alpha value is -0.590. The minimum atomic E-state index is 0.259. The van der Waals surface area contributed by atoms with Crippen molar-refractivity contribution < 1.29 is 9.47 Å². The van der Waals surface area contributed by atoms with E-state index >= 15 is 0 Å². The molecule has 0 aromatic carbocycles. The van der Waals surface area contributed by atoms with E-state index in [1.54, 1.807) is 0 Å². The van der Waals surface area contributed by atoms with Gasteiger partial charge in [0, 0.05) is 0 Å². The molecular formula is C8H15NO2. The highest BCUT2D eigenvalue weighted by Gasteiger charge is 1.92. The summed E-state index contributed by atoms with van der Waals surface area (Å²) in [6, 6.07) is 2.00. The Bertz CT molecular complexity index is 118. The number of hydrogen-bond acceptors (Lipinski definition) is 3. The average molecular weight is 157 g/mol. The molecule has 11 heavy (non-hydrogen) atoms. The lowest BCUT2D eigenvalue weighted by Gasteiger charge is -2.06. The molecule has 0 bridgehead atoms. The molecule has 0 atom stereocenters. The summed E-state index contributed by atoms with van der Waals surface area (Å²) in [7, 11) is 0. The van der Waals surface area contributed by atoms with Gasteiger partial charge in [0.15, 0.2) is 0 Å². The summed E-state index contributed by atoms with van der Waals surface area (Å²) >= 11 is 0. The zero-order valence-corrected chi connectivity index (χ0v) is 7.17. The Morgan fingerprint density at radius 2 is 2.00 bits per heavy atom. The van der Waals surface area contributed by atoms with E-state index in [1.165, 1.54) is 0 Å². The highest BCUT2D eigenvalue weighted by molar-refractivity contribution is 4.66. The van der Waals surface area contributed by atoms with Crippen molar-refractivity contribution in [3.8, 4) is 6.07 Å². The van der Waals surface area contributed by atoms with Gasteiger partial charge in [-0.15, -0.1) is 0 Å². The van der Waals surface area contributed by atoms with Crippen LogP contribution >= 0.6 is 0 Å². The molecule has 0 saturated carbocycles. The fourth-order valence-corrected chi connectivity index (χ4v) is 0.563. The maximum atomic E-state index is 8.15. The van der Waals surface area contributed by atoms with Crippen LogP contribution in [0.5, 0.6) is 0 Å². The molecular weight excluding hydrogens is 142 g/mol. The molecule has 0 unspecified atom stereocenters. The van der Waals surface area contributed by atoms with Crippen LogP contribution in [0.1, 0.15) is 20.3 Å². The lowest BCUT2D eigenvalue weighted by atomic mass is 10.5. The lowest BCUT2D eigenvalue weighted by Crippen LogP contribution is -2.09. The summed E-state index contributed by atoms with van der Waals surface area (Å²) in [4.78, 5) is 0. The van der Waals surface area contributed by atoms with Crippen LogP contribution in [-0.4, -0.2) is 25.9 Å². The zero-order chi connectivity index (χ0) is 8.53. The van der Waals surface area contributed by atoms with Gasteiger partial charge in [-0.3, -0.25) is 0 Å². The molecule has 0 aliphatic carbocycles. The Balaban J connectivity index is 2.86. The standard InChI is InChI=1S/C8H15NO2/c1-8(2)11-7-6-10-5-3-4-9/h8H,3,5-7H2,1-2H3. The average Bonchev–Trinajstić information content (AvgIpc) is 1.96. The number of hydrogen-bond donors (Lipinski definition) is 0. The third-order valence-electron chi connectivity index (χ3n) is 1.04. The van der Waals surface area contributed by atoms with Crippen LogP contribution in [0.25, 0.3) is 0 Å². The molecule has 3 nitrogen and oxygen atoms in total. The van der Waals surface area contributed by atoms with Crippen LogP contribution in [0.4, 0.5) is 0 Å². The van der Waals surface area contributed by atoms with E-state index in [2.05, 4.69) is 0 Å². The van der Waals surface area contributed by atoms with Crippen LogP contribution in [0.2, 0.25) is 0 Å². The van der Waals surface area contributed by atoms with Gasteiger partial charge in [0.05, 0.1) is 38.4 Å². The van der Waals surface area contributed by atoms with Crippen molar-refractivity contribution >= 4 is 0 Å². The summed E-state index contributed by atoms with van der Waals surface area (Å²) in [5, 5.41) is 8.15. The van der Waals surface area contributed by atoms with Gasteiger partial charge >= 0.3 is 0 Å². The van der Waals surface area contributed by atoms with Gasteiger partial charge in [0.1, 0.15) is 0 Å². The molecule has 0 aromatic rings. The second-order valence-corrected chi connectivity index (χ2v) is 2.44. The molecule has 0 heterocycles. The first-order valence-corrected chi connectivity index (χ1v) is 3.83. The van der Waals surface area contributed by atoms with Crippen molar-refractivity contribution in [2.24, 2.45) is 0 Å². The van der Waals surface area contributed by atoms with Gasteiger partial charge in [0.25, 0.3) is 0 Å². The molecule has 0 aromatic heterocycles. The quantitative estimate of drug-likeness (QED) is 0.546. The maximum absolute atomic E-state index is 8.15. The SMILES string of the molecule is CC(C)OCCOCCC#N. The monoisotopic (exact) mass is 157 g/mol. The summed E-state index contributed by atoms with van der Waals surface area (Å²) < 4.78 is 10.3. The molecule has 0 aliphatic heterocycles. The van der Waals surface area contributed by atoms with Gasteiger partial charge in [-0.1, -0.05) is 0 Å². The zero-order valence-electron chi connectivity index (χ0n) is 7.17. The molecule has 0 rings (SSSR count). The van der Waals surface area contributed by atoms with Crippen LogP contribution in [-0.2, 0) is 9.47 Å². The first kappa shape index (κ1) is 10.4. The van der Waals surface area contributed by atoms with E-state index in [1.807, 2.05) is 19.9 Å². The molecule has 0 fully saturated rings. The minimum Gasteiger partial charge on any atom is -0.378 e.